The zero-order chi connectivity index (χ0) is 14.3. The fourth-order valence-corrected chi connectivity index (χ4v) is 6.02. The molecule has 0 aromatic rings. The Balaban J connectivity index is 1.86. The zero-order valence-corrected chi connectivity index (χ0v) is 12.8. The SMILES string of the molecule is C=CCC12CCCC1(OS(=O)(=O)C1CCCC1)OCC2. The van der Waals surface area contributed by atoms with Crippen LogP contribution in [0.5, 0.6) is 0 Å². The quantitative estimate of drug-likeness (QED) is 0.578. The van der Waals surface area contributed by atoms with E-state index in [0.717, 1.165) is 51.4 Å². The molecule has 0 radical (unpaired) electrons. The average Bonchev–Trinajstić information content (AvgIpc) is 3.03. The van der Waals surface area contributed by atoms with Crippen LogP contribution in [0.15, 0.2) is 12.7 Å². The first-order valence-corrected chi connectivity index (χ1v) is 9.20. The molecule has 2 saturated carbocycles. The van der Waals surface area contributed by atoms with E-state index in [0.29, 0.717) is 13.0 Å². The molecule has 20 heavy (non-hydrogen) atoms. The van der Waals surface area contributed by atoms with Crippen molar-refractivity contribution in [3.63, 3.8) is 0 Å². The van der Waals surface area contributed by atoms with Gasteiger partial charge in [-0.2, -0.15) is 8.42 Å². The zero-order valence-electron chi connectivity index (χ0n) is 12.0. The second kappa shape index (κ2) is 5.11. The lowest BCUT2D eigenvalue weighted by Gasteiger charge is -2.38. The van der Waals surface area contributed by atoms with Crippen LogP contribution in [-0.2, 0) is 19.0 Å². The number of ether oxygens (including phenoxy) is 1. The van der Waals surface area contributed by atoms with E-state index in [4.69, 9.17) is 8.92 Å². The molecule has 3 aliphatic rings. The lowest BCUT2D eigenvalue weighted by atomic mass is 9.77. The van der Waals surface area contributed by atoms with Crippen LogP contribution in [0.4, 0.5) is 0 Å². The van der Waals surface area contributed by atoms with E-state index in [9.17, 15) is 8.42 Å². The predicted molar refractivity (Wildman–Crippen MR) is 76.7 cm³/mol. The second-order valence-corrected chi connectivity index (χ2v) is 8.28. The molecule has 1 heterocycles. The Morgan fingerprint density at radius 2 is 1.95 bits per heavy atom. The molecule has 0 bridgehead atoms. The molecule has 2 unspecified atom stereocenters. The highest BCUT2D eigenvalue weighted by Crippen LogP contribution is 2.59. The van der Waals surface area contributed by atoms with Gasteiger partial charge in [0.05, 0.1) is 11.9 Å². The van der Waals surface area contributed by atoms with E-state index in [1.807, 2.05) is 6.08 Å². The molecule has 0 N–H and O–H groups in total. The first-order valence-electron chi connectivity index (χ1n) is 7.73. The standard InChI is InChI=1S/C15H24O4S/c1-2-8-14-9-5-10-15(14,18-12-11-14)19-20(16,17)13-6-3-4-7-13/h2,13H,1,3-12H2. The van der Waals surface area contributed by atoms with Crippen LogP contribution >= 0.6 is 0 Å². The first-order chi connectivity index (χ1) is 9.54. The number of hydrogen-bond donors (Lipinski definition) is 0. The van der Waals surface area contributed by atoms with E-state index in [2.05, 4.69) is 6.58 Å². The maximum absolute atomic E-state index is 12.5. The van der Waals surface area contributed by atoms with Gasteiger partial charge < -0.3 is 4.74 Å². The molecule has 114 valence electrons. The van der Waals surface area contributed by atoms with E-state index in [-0.39, 0.29) is 10.7 Å². The number of allylic oxidation sites excluding steroid dienone is 1. The van der Waals surface area contributed by atoms with Gasteiger partial charge in [0.1, 0.15) is 0 Å². The Kier molecular flexibility index (Phi) is 3.72. The van der Waals surface area contributed by atoms with Crippen LogP contribution in [0.2, 0.25) is 0 Å². The Morgan fingerprint density at radius 1 is 1.20 bits per heavy atom. The van der Waals surface area contributed by atoms with Crippen LogP contribution in [-0.4, -0.2) is 26.1 Å². The Hall–Kier alpha value is -0.390. The molecule has 3 fully saturated rings. The van der Waals surface area contributed by atoms with E-state index in [1.165, 1.54) is 0 Å². The minimum absolute atomic E-state index is 0.180. The van der Waals surface area contributed by atoms with E-state index in [1.54, 1.807) is 0 Å². The summed E-state index contributed by atoms with van der Waals surface area (Å²) in [5.41, 5.74) is -0.180. The molecule has 1 saturated heterocycles. The Labute approximate surface area is 121 Å². The van der Waals surface area contributed by atoms with E-state index >= 15 is 0 Å². The Bertz CT molecular complexity index is 466. The maximum atomic E-state index is 12.5. The topological polar surface area (TPSA) is 52.6 Å². The fourth-order valence-electron chi connectivity index (χ4n) is 4.29. The van der Waals surface area contributed by atoms with Crippen molar-refractivity contribution in [2.45, 2.75) is 68.8 Å². The summed E-state index contributed by atoms with van der Waals surface area (Å²) in [6.07, 6.45) is 9.57. The van der Waals surface area contributed by atoms with E-state index < -0.39 is 15.9 Å². The Morgan fingerprint density at radius 3 is 2.65 bits per heavy atom. The van der Waals surface area contributed by atoms with Gasteiger partial charge in [-0.3, -0.25) is 0 Å². The van der Waals surface area contributed by atoms with Gasteiger partial charge in [0, 0.05) is 11.8 Å². The summed E-state index contributed by atoms with van der Waals surface area (Å²) in [6.45, 7) is 4.42. The number of fused-ring (bicyclic) bond motifs is 1. The van der Waals surface area contributed by atoms with Gasteiger partial charge in [0.2, 0.25) is 0 Å². The molecule has 2 aliphatic carbocycles. The molecule has 3 rings (SSSR count). The van der Waals surface area contributed by atoms with Gasteiger partial charge in [0.15, 0.2) is 5.79 Å². The third-order valence-electron chi connectivity index (χ3n) is 5.38. The van der Waals surface area contributed by atoms with Crippen molar-refractivity contribution in [1.82, 2.24) is 0 Å². The van der Waals surface area contributed by atoms with Gasteiger partial charge in [-0.05, 0) is 38.5 Å². The van der Waals surface area contributed by atoms with Crippen LogP contribution in [0.1, 0.15) is 57.8 Å². The van der Waals surface area contributed by atoms with Crippen molar-refractivity contribution in [2.75, 3.05) is 6.61 Å². The minimum Gasteiger partial charge on any atom is -0.348 e. The van der Waals surface area contributed by atoms with Crippen LogP contribution in [0.25, 0.3) is 0 Å². The minimum atomic E-state index is -3.52. The molecule has 1 aliphatic heterocycles. The van der Waals surface area contributed by atoms with Crippen molar-refractivity contribution in [1.29, 1.82) is 0 Å². The summed E-state index contributed by atoms with van der Waals surface area (Å²) in [6, 6.07) is 0. The molecule has 0 aromatic carbocycles. The predicted octanol–water partition coefficient (Wildman–Crippen LogP) is 3.14. The van der Waals surface area contributed by atoms with Crippen molar-refractivity contribution in [3.05, 3.63) is 12.7 Å². The second-order valence-electron chi connectivity index (χ2n) is 6.46. The lowest BCUT2D eigenvalue weighted by Crippen LogP contribution is -2.46. The van der Waals surface area contributed by atoms with Crippen molar-refractivity contribution < 1.29 is 17.3 Å². The third kappa shape index (κ3) is 2.14. The van der Waals surface area contributed by atoms with Crippen LogP contribution in [0, 0.1) is 5.41 Å². The summed E-state index contributed by atoms with van der Waals surface area (Å²) in [5, 5.41) is -0.330. The highest BCUT2D eigenvalue weighted by Gasteiger charge is 2.62. The molecule has 0 spiro atoms. The molecule has 4 nitrogen and oxygen atoms in total. The molecule has 0 amide bonds. The number of hydrogen-bond acceptors (Lipinski definition) is 4. The molecule has 0 aromatic heterocycles. The smallest absolute Gasteiger partial charge is 0.272 e. The monoisotopic (exact) mass is 300 g/mol. The van der Waals surface area contributed by atoms with Crippen LogP contribution < -0.4 is 0 Å². The average molecular weight is 300 g/mol. The van der Waals surface area contributed by atoms with Crippen molar-refractivity contribution >= 4 is 10.1 Å². The summed E-state index contributed by atoms with van der Waals surface area (Å²) in [5.74, 6) is -0.914. The summed E-state index contributed by atoms with van der Waals surface area (Å²) in [7, 11) is -3.52. The molecule has 2 atom stereocenters. The van der Waals surface area contributed by atoms with Gasteiger partial charge in [0.25, 0.3) is 10.1 Å². The molecule has 5 heteroatoms. The third-order valence-corrected chi connectivity index (χ3v) is 7.17. The number of rotatable bonds is 5. The maximum Gasteiger partial charge on any atom is 0.272 e. The highest BCUT2D eigenvalue weighted by atomic mass is 32.2. The van der Waals surface area contributed by atoms with Crippen molar-refractivity contribution in [2.24, 2.45) is 5.41 Å². The van der Waals surface area contributed by atoms with Gasteiger partial charge >= 0.3 is 0 Å². The summed E-state index contributed by atoms with van der Waals surface area (Å²) >= 11 is 0. The first kappa shape index (κ1) is 14.5. The highest BCUT2D eigenvalue weighted by molar-refractivity contribution is 7.87. The lowest BCUT2D eigenvalue weighted by molar-refractivity contribution is -0.188. The van der Waals surface area contributed by atoms with Gasteiger partial charge in [-0.15, -0.1) is 6.58 Å². The largest absolute Gasteiger partial charge is 0.348 e. The van der Waals surface area contributed by atoms with Gasteiger partial charge in [-0.1, -0.05) is 18.9 Å². The van der Waals surface area contributed by atoms with Crippen molar-refractivity contribution in [3.8, 4) is 0 Å². The fraction of sp³-hybridized carbons (Fsp3) is 0.867. The summed E-state index contributed by atoms with van der Waals surface area (Å²) < 4.78 is 36.7. The molecular formula is C15H24O4S. The molecular weight excluding hydrogens is 276 g/mol. The van der Waals surface area contributed by atoms with Crippen LogP contribution in [0.3, 0.4) is 0 Å². The van der Waals surface area contributed by atoms with Gasteiger partial charge in [-0.25, -0.2) is 4.18 Å². The normalized spacial score (nSPS) is 38.2. The summed E-state index contributed by atoms with van der Waals surface area (Å²) in [4.78, 5) is 0.